The number of hydrogen-bond donors (Lipinski definition) is 2. The van der Waals surface area contributed by atoms with E-state index in [4.69, 9.17) is 0 Å². The molecule has 0 aliphatic heterocycles. The molecule has 1 aliphatic carbocycles. The normalized spacial score (nSPS) is 15.9. The van der Waals surface area contributed by atoms with E-state index in [0.29, 0.717) is 11.6 Å². The van der Waals surface area contributed by atoms with Crippen LogP contribution < -0.4 is 5.32 Å². The van der Waals surface area contributed by atoms with E-state index >= 15 is 0 Å². The molecule has 1 aromatic heterocycles. The standard InChI is InChI=1S/C19H23N3O3/c1-12-6-5-9-15(13(12)2)17(19(24)25)20-18(23)16-10-11-22(21-16)14-7-3-4-8-14/h5-6,9-11,14,17H,3-4,7-8H2,1-2H3,(H,20,23)(H,24,25). The Morgan fingerprint density at radius 1 is 1.24 bits per heavy atom. The lowest BCUT2D eigenvalue weighted by molar-refractivity contribution is -0.139. The van der Waals surface area contributed by atoms with E-state index in [1.54, 1.807) is 24.4 Å². The molecule has 6 heteroatoms. The lowest BCUT2D eigenvalue weighted by Gasteiger charge is -2.17. The van der Waals surface area contributed by atoms with Crippen LogP contribution in [0.5, 0.6) is 0 Å². The quantitative estimate of drug-likeness (QED) is 0.875. The van der Waals surface area contributed by atoms with E-state index in [0.717, 1.165) is 24.0 Å². The average Bonchev–Trinajstić information content (AvgIpc) is 3.26. The molecule has 3 rings (SSSR count). The molecule has 2 N–H and O–H groups in total. The maximum atomic E-state index is 12.5. The molecule has 0 radical (unpaired) electrons. The van der Waals surface area contributed by atoms with Crippen LogP contribution in [0.1, 0.15) is 64.9 Å². The maximum absolute atomic E-state index is 12.5. The van der Waals surface area contributed by atoms with Gasteiger partial charge in [-0.05, 0) is 49.4 Å². The van der Waals surface area contributed by atoms with Crippen molar-refractivity contribution in [2.75, 3.05) is 0 Å². The Kier molecular flexibility index (Phi) is 4.88. The summed E-state index contributed by atoms with van der Waals surface area (Å²) in [5, 5.41) is 16.5. The molecule has 1 fully saturated rings. The Morgan fingerprint density at radius 3 is 2.64 bits per heavy atom. The zero-order valence-corrected chi connectivity index (χ0v) is 14.5. The molecule has 0 spiro atoms. The summed E-state index contributed by atoms with van der Waals surface area (Å²) in [4.78, 5) is 24.2. The number of carboxylic acid groups (broad SMARTS) is 1. The summed E-state index contributed by atoms with van der Waals surface area (Å²) < 4.78 is 1.83. The third kappa shape index (κ3) is 3.57. The van der Waals surface area contributed by atoms with Gasteiger partial charge in [0.05, 0.1) is 6.04 Å². The number of carboxylic acids is 1. The number of rotatable bonds is 5. The van der Waals surface area contributed by atoms with Crippen LogP contribution in [0.25, 0.3) is 0 Å². The van der Waals surface area contributed by atoms with Crippen LogP contribution in [-0.2, 0) is 4.79 Å². The van der Waals surface area contributed by atoms with Crippen molar-refractivity contribution in [3.8, 4) is 0 Å². The first-order valence-electron chi connectivity index (χ1n) is 8.62. The fourth-order valence-corrected chi connectivity index (χ4v) is 3.40. The number of aryl methyl sites for hydroxylation is 1. The second kappa shape index (κ2) is 7.09. The topological polar surface area (TPSA) is 84.2 Å². The number of hydrogen-bond acceptors (Lipinski definition) is 3. The molecule has 0 saturated heterocycles. The minimum atomic E-state index is -1.09. The Hall–Kier alpha value is -2.63. The minimum Gasteiger partial charge on any atom is -0.479 e. The summed E-state index contributed by atoms with van der Waals surface area (Å²) in [6, 6.07) is 6.35. The molecule has 1 unspecified atom stereocenters. The largest absolute Gasteiger partial charge is 0.479 e. The van der Waals surface area contributed by atoms with Crippen molar-refractivity contribution in [2.24, 2.45) is 0 Å². The van der Waals surface area contributed by atoms with Gasteiger partial charge in [0.1, 0.15) is 5.69 Å². The molecule has 0 bridgehead atoms. The fourth-order valence-electron chi connectivity index (χ4n) is 3.40. The molecule has 1 aliphatic rings. The summed E-state index contributed by atoms with van der Waals surface area (Å²) in [6.45, 7) is 3.78. The van der Waals surface area contributed by atoms with Crippen molar-refractivity contribution in [1.82, 2.24) is 15.1 Å². The molecule has 1 saturated carbocycles. The summed E-state index contributed by atoms with van der Waals surface area (Å²) in [6.07, 6.45) is 6.31. The number of carbonyl (C=O) groups is 2. The number of benzene rings is 1. The van der Waals surface area contributed by atoms with Gasteiger partial charge in [0.15, 0.2) is 6.04 Å². The molecule has 1 atom stereocenters. The van der Waals surface area contributed by atoms with Crippen molar-refractivity contribution < 1.29 is 14.7 Å². The van der Waals surface area contributed by atoms with Gasteiger partial charge in [-0.2, -0.15) is 5.10 Å². The highest BCUT2D eigenvalue weighted by atomic mass is 16.4. The lowest BCUT2D eigenvalue weighted by atomic mass is 9.97. The molecule has 1 amide bonds. The molecule has 1 aromatic carbocycles. The van der Waals surface area contributed by atoms with E-state index in [9.17, 15) is 14.7 Å². The van der Waals surface area contributed by atoms with Crippen LogP contribution in [0.15, 0.2) is 30.5 Å². The molecule has 25 heavy (non-hydrogen) atoms. The zero-order chi connectivity index (χ0) is 18.0. The Morgan fingerprint density at radius 2 is 1.96 bits per heavy atom. The van der Waals surface area contributed by atoms with Crippen LogP contribution in [0.2, 0.25) is 0 Å². The molecular formula is C19H23N3O3. The highest BCUT2D eigenvalue weighted by Gasteiger charge is 2.26. The first-order valence-corrected chi connectivity index (χ1v) is 8.62. The van der Waals surface area contributed by atoms with Gasteiger partial charge in [-0.1, -0.05) is 31.0 Å². The first-order chi connectivity index (χ1) is 12.0. The van der Waals surface area contributed by atoms with Crippen molar-refractivity contribution in [3.63, 3.8) is 0 Å². The Labute approximate surface area is 146 Å². The number of aromatic nitrogens is 2. The third-order valence-electron chi connectivity index (χ3n) is 5.02. The summed E-state index contributed by atoms with van der Waals surface area (Å²) >= 11 is 0. The number of nitrogens with zero attached hydrogens (tertiary/aromatic N) is 2. The summed E-state index contributed by atoms with van der Waals surface area (Å²) in [5.41, 5.74) is 2.70. The summed E-state index contributed by atoms with van der Waals surface area (Å²) in [5.74, 6) is -1.55. The highest BCUT2D eigenvalue weighted by Crippen LogP contribution is 2.28. The average molecular weight is 341 g/mol. The minimum absolute atomic E-state index is 0.253. The van der Waals surface area contributed by atoms with E-state index in [-0.39, 0.29) is 5.69 Å². The highest BCUT2D eigenvalue weighted by molar-refractivity contribution is 5.95. The van der Waals surface area contributed by atoms with Crippen LogP contribution in [0, 0.1) is 13.8 Å². The monoisotopic (exact) mass is 341 g/mol. The van der Waals surface area contributed by atoms with Crippen LogP contribution in [-0.4, -0.2) is 26.8 Å². The van der Waals surface area contributed by atoms with Crippen molar-refractivity contribution in [3.05, 3.63) is 52.8 Å². The van der Waals surface area contributed by atoms with Gasteiger partial charge in [-0.15, -0.1) is 0 Å². The van der Waals surface area contributed by atoms with Crippen LogP contribution in [0.3, 0.4) is 0 Å². The first kappa shape index (κ1) is 17.2. The smallest absolute Gasteiger partial charge is 0.330 e. The lowest BCUT2D eigenvalue weighted by Crippen LogP contribution is -2.34. The van der Waals surface area contributed by atoms with E-state index in [2.05, 4.69) is 10.4 Å². The fraction of sp³-hybridized carbons (Fsp3) is 0.421. The van der Waals surface area contributed by atoms with E-state index in [1.165, 1.54) is 12.8 Å². The maximum Gasteiger partial charge on any atom is 0.330 e. The zero-order valence-electron chi connectivity index (χ0n) is 14.5. The van der Waals surface area contributed by atoms with Gasteiger partial charge < -0.3 is 10.4 Å². The molecular weight excluding hydrogens is 318 g/mol. The second-order valence-corrected chi connectivity index (χ2v) is 6.65. The van der Waals surface area contributed by atoms with Crippen molar-refractivity contribution >= 4 is 11.9 Å². The van der Waals surface area contributed by atoms with E-state index in [1.807, 2.05) is 24.6 Å². The number of aliphatic carboxylic acids is 1. The van der Waals surface area contributed by atoms with Gasteiger partial charge >= 0.3 is 5.97 Å². The van der Waals surface area contributed by atoms with Crippen LogP contribution in [0.4, 0.5) is 0 Å². The molecule has 2 aromatic rings. The second-order valence-electron chi connectivity index (χ2n) is 6.65. The Bertz CT molecular complexity index is 791. The van der Waals surface area contributed by atoms with E-state index < -0.39 is 17.9 Å². The van der Waals surface area contributed by atoms with Gasteiger partial charge in [0.2, 0.25) is 0 Å². The molecule has 1 heterocycles. The van der Waals surface area contributed by atoms with Gasteiger partial charge in [-0.3, -0.25) is 9.48 Å². The predicted octanol–water partition coefficient (Wildman–Crippen LogP) is 3.17. The third-order valence-corrected chi connectivity index (χ3v) is 5.02. The van der Waals surface area contributed by atoms with Gasteiger partial charge in [0.25, 0.3) is 5.91 Å². The molecule has 6 nitrogen and oxygen atoms in total. The summed E-state index contributed by atoms with van der Waals surface area (Å²) in [7, 11) is 0. The van der Waals surface area contributed by atoms with Gasteiger partial charge in [-0.25, -0.2) is 4.79 Å². The number of amides is 1. The SMILES string of the molecule is Cc1cccc(C(NC(=O)c2ccn(C3CCCC3)n2)C(=O)O)c1C. The Balaban J connectivity index is 1.79. The van der Waals surface area contributed by atoms with Gasteiger partial charge in [0, 0.05) is 6.20 Å². The molecule has 132 valence electrons. The van der Waals surface area contributed by atoms with Crippen LogP contribution >= 0.6 is 0 Å². The van der Waals surface area contributed by atoms with Crippen molar-refractivity contribution in [2.45, 2.75) is 51.6 Å². The predicted molar refractivity (Wildman–Crippen MR) is 93.5 cm³/mol. The number of carbonyl (C=O) groups excluding carboxylic acids is 1. The number of nitrogens with one attached hydrogen (secondary N) is 1. The van der Waals surface area contributed by atoms with Crippen molar-refractivity contribution in [1.29, 1.82) is 0 Å².